The third kappa shape index (κ3) is 4.73. The van der Waals surface area contributed by atoms with Crippen LogP contribution in [0.4, 0.5) is 23.1 Å². The van der Waals surface area contributed by atoms with E-state index in [0.717, 1.165) is 30.0 Å². The van der Waals surface area contributed by atoms with E-state index >= 15 is 0 Å². The number of rotatable bonds is 6. The van der Waals surface area contributed by atoms with Crippen LogP contribution in [0.2, 0.25) is 0 Å². The van der Waals surface area contributed by atoms with Crippen molar-refractivity contribution in [1.82, 2.24) is 34.4 Å². The van der Waals surface area contributed by atoms with Gasteiger partial charge in [-0.1, -0.05) is 0 Å². The van der Waals surface area contributed by atoms with Crippen LogP contribution in [-0.2, 0) is 11.8 Å². The standard InChI is InChI=1S/C25H29N11O.CH2O2/c1-13-5-14(7-29-25(13)36-11-15-6-16(36)10-34(15)3)31-24-21(22(26)37)32-20(23(27-2)33-24)17-8-28-9-18-19(17)30-12-35(18)4;2-1-3/h5,7-9,12,15-16H,6,10-11H2,1-4H3,(H2,26,37)(H2,27,31,33);1H,(H,2,3)/t15-,16-;/m1./s1. The topological polar surface area (TPSA) is 180 Å². The van der Waals surface area contributed by atoms with Gasteiger partial charge in [0.05, 0.1) is 35.5 Å². The Balaban J connectivity index is 0.00000103. The molecule has 0 saturated carbocycles. The van der Waals surface area contributed by atoms with Gasteiger partial charge in [-0.25, -0.2) is 19.9 Å². The lowest BCUT2D eigenvalue weighted by atomic mass is 10.1. The number of carbonyl (C=O) groups excluding carboxylic acids is 1. The Hall–Kier alpha value is -4.85. The molecule has 0 radical (unpaired) electrons. The molecule has 5 N–H and O–H groups in total. The number of pyridine rings is 2. The summed E-state index contributed by atoms with van der Waals surface area (Å²) in [4.78, 5) is 48.5. The van der Waals surface area contributed by atoms with E-state index in [4.69, 9.17) is 20.6 Å². The molecule has 0 unspecified atom stereocenters. The van der Waals surface area contributed by atoms with Crippen molar-refractivity contribution in [3.8, 4) is 11.3 Å². The number of hydrogen-bond acceptors (Lipinski definition) is 11. The second-order valence-electron chi connectivity index (χ2n) is 9.87. The summed E-state index contributed by atoms with van der Waals surface area (Å²) in [5.41, 5.74) is 10.1. The van der Waals surface area contributed by atoms with Crippen molar-refractivity contribution in [2.45, 2.75) is 25.4 Å². The highest BCUT2D eigenvalue weighted by Crippen LogP contribution is 2.36. The lowest BCUT2D eigenvalue weighted by Gasteiger charge is -2.33. The van der Waals surface area contributed by atoms with Gasteiger partial charge >= 0.3 is 0 Å². The number of amides is 1. The van der Waals surface area contributed by atoms with Crippen molar-refractivity contribution in [2.24, 2.45) is 12.8 Å². The summed E-state index contributed by atoms with van der Waals surface area (Å²) in [6.45, 7) is 3.85. The second kappa shape index (κ2) is 10.7. The molecule has 6 heterocycles. The molecule has 2 fully saturated rings. The zero-order chi connectivity index (χ0) is 28.6. The predicted molar refractivity (Wildman–Crippen MR) is 151 cm³/mol. The first-order chi connectivity index (χ1) is 19.2. The minimum atomic E-state index is -0.696. The van der Waals surface area contributed by atoms with Crippen LogP contribution < -0.4 is 21.3 Å². The molecule has 0 aliphatic carbocycles. The number of aromatic nitrogens is 6. The van der Waals surface area contributed by atoms with Gasteiger partial charge < -0.3 is 30.9 Å². The molecule has 1 amide bonds. The number of nitrogens with two attached hydrogens (primary N) is 1. The summed E-state index contributed by atoms with van der Waals surface area (Å²) in [6.07, 6.45) is 8.03. The first-order valence-corrected chi connectivity index (χ1v) is 12.7. The zero-order valence-corrected chi connectivity index (χ0v) is 22.7. The molecule has 14 nitrogen and oxygen atoms in total. The number of nitrogens with zero attached hydrogens (tertiary/aromatic N) is 8. The quantitative estimate of drug-likeness (QED) is 0.257. The first kappa shape index (κ1) is 26.7. The van der Waals surface area contributed by atoms with E-state index in [1.165, 1.54) is 6.42 Å². The van der Waals surface area contributed by atoms with Gasteiger partial charge in [0.25, 0.3) is 12.4 Å². The Morgan fingerprint density at radius 2 is 1.90 bits per heavy atom. The molecule has 2 aliphatic heterocycles. The Kier molecular flexibility index (Phi) is 7.17. The monoisotopic (exact) mass is 545 g/mol. The number of carbonyl (C=O) groups is 2. The summed E-state index contributed by atoms with van der Waals surface area (Å²) < 4.78 is 1.87. The minimum absolute atomic E-state index is 0.0172. The average Bonchev–Trinajstić information content (AvgIpc) is 3.63. The summed E-state index contributed by atoms with van der Waals surface area (Å²) in [5.74, 6) is 1.01. The van der Waals surface area contributed by atoms with Gasteiger partial charge in [0.15, 0.2) is 17.3 Å². The molecule has 14 heteroatoms. The largest absolute Gasteiger partial charge is 0.483 e. The van der Waals surface area contributed by atoms with E-state index < -0.39 is 5.91 Å². The lowest BCUT2D eigenvalue weighted by molar-refractivity contribution is -0.122. The molecule has 6 rings (SSSR count). The average molecular weight is 546 g/mol. The van der Waals surface area contributed by atoms with Gasteiger partial charge in [-0.3, -0.25) is 19.5 Å². The number of aryl methyl sites for hydroxylation is 2. The van der Waals surface area contributed by atoms with E-state index in [9.17, 15) is 4.79 Å². The van der Waals surface area contributed by atoms with Crippen molar-refractivity contribution in [3.63, 3.8) is 0 Å². The van der Waals surface area contributed by atoms with Crippen LogP contribution >= 0.6 is 0 Å². The van der Waals surface area contributed by atoms with Gasteiger partial charge in [-0.05, 0) is 32.0 Å². The Bertz CT molecular complexity index is 1590. The van der Waals surface area contributed by atoms with Crippen molar-refractivity contribution in [1.29, 1.82) is 0 Å². The SMILES string of the molecule is CNc1nc(Nc2cnc(N3C[C@H]4C[C@@H]3CN4C)c(C)c2)c(C(N)=O)nc1-c1cncc2c1ncn2C.O=CO. The van der Waals surface area contributed by atoms with Gasteiger partial charge in [0.2, 0.25) is 0 Å². The van der Waals surface area contributed by atoms with Gasteiger partial charge in [0, 0.05) is 45.5 Å². The molecule has 0 aromatic carbocycles. The van der Waals surface area contributed by atoms with Crippen LogP contribution in [0.3, 0.4) is 0 Å². The Morgan fingerprint density at radius 3 is 2.52 bits per heavy atom. The van der Waals surface area contributed by atoms with Crippen molar-refractivity contribution in [2.75, 3.05) is 42.7 Å². The fourth-order valence-corrected chi connectivity index (χ4v) is 5.47. The second-order valence-corrected chi connectivity index (χ2v) is 9.87. The van der Waals surface area contributed by atoms with Gasteiger partial charge in [-0.2, -0.15) is 0 Å². The molecule has 2 saturated heterocycles. The molecule has 2 atom stereocenters. The fourth-order valence-electron chi connectivity index (χ4n) is 5.47. The minimum Gasteiger partial charge on any atom is -0.483 e. The third-order valence-corrected chi connectivity index (χ3v) is 7.36. The Labute approximate surface area is 230 Å². The molecule has 208 valence electrons. The predicted octanol–water partition coefficient (Wildman–Crippen LogP) is 1.61. The highest BCUT2D eigenvalue weighted by Gasteiger charge is 2.42. The molecule has 0 spiro atoms. The molecule has 40 heavy (non-hydrogen) atoms. The maximum absolute atomic E-state index is 12.5. The summed E-state index contributed by atoms with van der Waals surface area (Å²) in [7, 11) is 5.82. The number of likely N-dealkylation sites (tertiary alicyclic amines) is 1. The Morgan fingerprint density at radius 1 is 1.12 bits per heavy atom. The number of fused-ring (bicyclic) bond motifs is 3. The molecule has 4 aromatic heterocycles. The number of likely N-dealkylation sites (N-methyl/N-ethyl adjacent to an activating group) is 1. The number of primary amides is 1. The van der Waals surface area contributed by atoms with Crippen molar-refractivity contribution in [3.05, 3.63) is 42.2 Å². The number of imidazole rings is 1. The first-order valence-electron chi connectivity index (χ1n) is 12.7. The number of hydrogen-bond donors (Lipinski definition) is 4. The van der Waals surface area contributed by atoms with Gasteiger partial charge in [-0.15, -0.1) is 0 Å². The zero-order valence-electron chi connectivity index (χ0n) is 22.7. The number of piperazine rings is 1. The van der Waals surface area contributed by atoms with Crippen LogP contribution in [0.25, 0.3) is 22.3 Å². The molecular weight excluding hydrogens is 514 g/mol. The highest BCUT2D eigenvalue weighted by molar-refractivity contribution is 5.99. The normalized spacial score (nSPS) is 17.9. The van der Waals surface area contributed by atoms with E-state index in [0.29, 0.717) is 40.4 Å². The van der Waals surface area contributed by atoms with Crippen LogP contribution in [0.5, 0.6) is 0 Å². The number of carboxylic acid groups (broad SMARTS) is 1. The van der Waals surface area contributed by atoms with Crippen LogP contribution in [0.1, 0.15) is 22.5 Å². The number of anilines is 4. The van der Waals surface area contributed by atoms with Gasteiger partial charge in [0.1, 0.15) is 17.0 Å². The van der Waals surface area contributed by atoms with Crippen LogP contribution in [-0.4, -0.2) is 91.1 Å². The molecular formula is C26H31N11O3. The summed E-state index contributed by atoms with van der Waals surface area (Å²) >= 11 is 0. The van der Waals surface area contributed by atoms with E-state index in [2.05, 4.69) is 47.4 Å². The van der Waals surface area contributed by atoms with Crippen LogP contribution in [0, 0.1) is 6.92 Å². The van der Waals surface area contributed by atoms with E-state index in [-0.39, 0.29) is 18.0 Å². The third-order valence-electron chi connectivity index (χ3n) is 7.36. The summed E-state index contributed by atoms with van der Waals surface area (Å²) in [6, 6.07) is 3.09. The van der Waals surface area contributed by atoms with Crippen molar-refractivity contribution >= 4 is 46.6 Å². The highest BCUT2D eigenvalue weighted by atomic mass is 16.3. The van der Waals surface area contributed by atoms with Crippen LogP contribution in [0.15, 0.2) is 31.0 Å². The molecule has 2 aliphatic rings. The molecule has 4 aromatic rings. The fraction of sp³-hybridized carbons (Fsp3) is 0.346. The smallest absolute Gasteiger partial charge is 0.290 e. The maximum atomic E-state index is 12.5. The summed E-state index contributed by atoms with van der Waals surface area (Å²) in [5, 5.41) is 13.2. The number of nitrogens with one attached hydrogen (secondary N) is 2. The van der Waals surface area contributed by atoms with E-state index in [1.54, 1.807) is 32.0 Å². The van der Waals surface area contributed by atoms with E-state index in [1.807, 2.05) is 24.6 Å². The lowest BCUT2D eigenvalue weighted by Crippen LogP contribution is -2.45. The maximum Gasteiger partial charge on any atom is 0.290 e. The van der Waals surface area contributed by atoms with Crippen molar-refractivity contribution < 1.29 is 14.7 Å². The molecule has 2 bridgehead atoms.